The van der Waals surface area contributed by atoms with E-state index in [-0.39, 0.29) is 6.17 Å². The molecule has 0 aliphatic carbocycles. The summed E-state index contributed by atoms with van der Waals surface area (Å²) in [5.74, 6) is 0.895. The number of nitrogens with zero attached hydrogens (tertiary/aromatic N) is 2. The number of hydroxylamine groups is 2. The average Bonchev–Trinajstić information content (AvgIpc) is 2.49. The lowest BCUT2D eigenvalue weighted by molar-refractivity contribution is -0.0897. The summed E-state index contributed by atoms with van der Waals surface area (Å²) in [6.45, 7) is 7.99. The Balaban J connectivity index is 1.77. The average molecular weight is 257 g/mol. The van der Waals surface area contributed by atoms with Crippen LogP contribution in [0.1, 0.15) is 5.56 Å². The molecule has 1 saturated heterocycles. The van der Waals surface area contributed by atoms with Gasteiger partial charge >= 0.3 is 0 Å². The van der Waals surface area contributed by atoms with E-state index in [4.69, 9.17) is 4.84 Å². The second-order valence-electron chi connectivity index (χ2n) is 4.74. The molecular weight excluding hydrogens is 238 g/mol. The third-order valence-corrected chi connectivity index (χ3v) is 3.52. The van der Waals surface area contributed by atoms with Crippen LogP contribution in [0, 0.1) is 0 Å². The molecule has 1 fully saturated rings. The lowest BCUT2D eigenvalue weighted by Gasteiger charge is -2.39. The second kappa shape index (κ2) is 5.47. The first-order valence-corrected chi connectivity index (χ1v) is 6.69. The Morgan fingerprint density at radius 3 is 2.84 bits per heavy atom. The summed E-state index contributed by atoms with van der Waals surface area (Å²) in [6.07, 6.45) is 6.07. The fourth-order valence-corrected chi connectivity index (χ4v) is 2.50. The van der Waals surface area contributed by atoms with Crippen LogP contribution in [0.5, 0.6) is 5.75 Å². The summed E-state index contributed by atoms with van der Waals surface area (Å²) in [6, 6.07) is 8.05. The van der Waals surface area contributed by atoms with Crippen LogP contribution in [0.15, 0.2) is 43.1 Å². The maximum atomic E-state index is 5.95. The zero-order valence-electron chi connectivity index (χ0n) is 11.0. The molecular formula is C15H19N3O. The molecule has 0 spiro atoms. The van der Waals surface area contributed by atoms with Gasteiger partial charge in [-0.25, -0.2) is 0 Å². The van der Waals surface area contributed by atoms with E-state index in [2.05, 4.69) is 28.9 Å². The highest BCUT2D eigenvalue weighted by Crippen LogP contribution is 2.26. The lowest BCUT2D eigenvalue weighted by Crippen LogP contribution is -2.53. The summed E-state index contributed by atoms with van der Waals surface area (Å²) in [4.78, 5) is 8.31. The molecule has 1 aromatic rings. The van der Waals surface area contributed by atoms with E-state index in [9.17, 15) is 0 Å². The van der Waals surface area contributed by atoms with Crippen molar-refractivity contribution in [3.63, 3.8) is 0 Å². The van der Waals surface area contributed by atoms with Gasteiger partial charge in [0.05, 0.1) is 0 Å². The van der Waals surface area contributed by atoms with Crippen LogP contribution in [0.2, 0.25) is 0 Å². The zero-order valence-corrected chi connectivity index (χ0v) is 11.0. The Morgan fingerprint density at radius 2 is 2.05 bits per heavy atom. The highest BCUT2D eigenvalue weighted by atomic mass is 16.7. The Kier molecular flexibility index (Phi) is 3.53. The van der Waals surface area contributed by atoms with Crippen molar-refractivity contribution in [1.82, 2.24) is 15.3 Å². The van der Waals surface area contributed by atoms with E-state index >= 15 is 0 Å². The quantitative estimate of drug-likeness (QED) is 0.834. The number of nitrogens with one attached hydrogen (secondary N) is 1. The number of fused-ring (bicyclic) bond motifs is 1. The third-order valence-electron chi connectivity index (χ3n) is 3.52. The van der Waals surface area contributed by atoms with Gasteiger partial charge in [0, 0.05) is 37.9 Å². The van der Waals surface area contributed by atoms with Gasteiger partial charge < -0.3 is 10.2 Å². The Bertz CT molecular complexity index is 480. The van der Waals surface area contributed by atoms with Crippen molar-refractivity contribution in [2.45, 2.75) is 6.17 Å². The normalized spacial score (nSPS) is 20.5. The van der Waals surface area contributed by atoms with E-state index in [1.807, 2.05) is 35.5 Å². The molecule has 0 aromatic heterocycles. The van der Waals surface area contributed by atoms with E-state index in [0.717, 1.165) is 37.5 Å². The molecule has 0 saturated carbocycles. The minimum absolute atomic E-state index is 0.0757. The van der Waals surface area contributed by atoms with Gasteiger partial charge in [0.2, 0.25) is 0 Å². The van der Waals surface area contributed by atoms with Crippen molar-refractivity contribution in [2.75, 3.05) is 26.2 Å². The van der Waals surface area contributed by atoms with E-state index < -0.39 is 0 Å². The van der Waals surface area contributed by atoms with Gasteiger partial charge in [-0.2, -0.15) is 5.06 Å². The number of piperazine rings is 1. The first kappa shape index (κ1) is 12.3. The molecule has 100 valence electrons. The standard InChI is InChI=1S/C15H19N3O/c1-2-15(17-11-8-16-9-12-17)18-10-7-13-5-3-4-6-14(13)19-18/h2-7,10,15-16H,1,8-9,11-12H2. The van der Waals surface area contributed by atoms with Gasteiger partial charge in [-0.3, -0.25) is 4.90 Å². The van der Waals surface area contributed by atoms with E-state index in [1.165, 1.54) is 0 Å². The minimum atomic E-state index is 0.0757. The van der Waals surface area contributed by atoms with Gasteiger partial charge in [-0.1, -0.05) is 30.9 Å². The number of rotatable bonds is 3. The molecule has 2 aliphatic heterocycles. The fraction of sp³-hybridized carbons (Fsp3) is 0.333. The molecule has 19 heavy (non-hydrogen) atoms. The maximum Gasteiger partial charge on any atom is 0.162 e. The van der Waals surface area contributed by atoms with Crippen molar-refractivity contribution < 1.29 is 4.84 Å². The van der Waals surface area contributed by atoms with Crippen LogP contribution in [-0.2, 0) is 0 Å². The summed E-state index contributed by atoms with van der Waals surface area (Å²) in [7, 11) is 0. The van der Waals surface area contributed by atoms with Crippen LogP contribution in [0.3, 0.4) is 0 Å². The monoisotopic (exact) mass is 257 g/mol. The first-order valence-electron chi connectivity index (χ1n) is 6.69. The second-order valence-corrected chi connectivity index (χ2v) is 4.74. The van der Waals surface area contributed by atoms with Gasteiger partial charge in [0.1, 0.15) is 6.17 Å². The highest BCUT2D eigenvalue weighted by Gasteiger charge is 2.25. The smallest absolute Gasteiger partial charge is 0.162 e. The topological polar surface area (TPSA) is 27.7 Å². The predicted molar refractivity (Wildman–Crippen MR) is 76.4 cm³/mol. The van der Waals surface area contributed by atoms with Crippen LogP contribution in [-0.4, -0.2) is 42.3 Å². The molecule has 2 heterocycles. The highest BCUT2D eigenvalue weighted by molar-refractivity contribution is 5.58. The molecule has 0 radical (unpaired) electrons. The molecule has 1 atom stereocenters. The lowest BCUT2D eigenvalue weighted by atomic mass is 10.2. The van der Waals surface area contributed by atoms with E-state index in [0.29, 0.717) is 0 Å². The maximum absolute atomic E-state index is 5.95. The molecule has 1 unspecified atom stereocenters. The molecule has 4 nitrogen and oxygen atoms in total. The first-order chi connectivity index (χ1) is 9.38. The van der Waals surface area contributed by atoms with Gasteiger partial charge in [-0.15, -0.1) is 0 Å². The number of para-hydroxylation sites is 1. The molecule has 1 N–H and O–H groups in total. The zero-order chi connectivity index (χ0) is 13.1. The van der Waals surface area contributed by atoms with Crippen molar-refractivity contribution in [2.24, 2.45) is 0 Å². The molecule has 4 heteroatoms. The summed E-state index contributed by atoms with van der Waals surface area (Å²) >= 11 is 0. The summed E-state index contributed by atoms with van der Waals surface area (Å²) in [5.41, 5.74) is 1.11. The van der Waals surface area contributed by atoms with Crippen LogP contribution >= 0.6 is 0 Å². The van der Waals surface area contributed by atoms with Crippen molar-refractivity contribution >= 4 is 6.08 Å². The molecule has 1 aromatic carbocycles. The van der Waals surface area contributed by atoms with Crippen LogP contribution in [0.25, 0.3) is 6.08 Å². The number of hydrogen-bond acceptors (Lipinski definition) is 4. The SMILES string of the molecule is C=CC(N1CCNCC1)N1C=Cc2ccccc2O1. The third kappa shape index (κ3) is 2.50. The Labute approximate surface area is 113 Å². The summed E-state index contributed by atoms with van der Waals surface area (Å²) in [5, 5.41) is 5.23. The Morgan fingerprint density at radius 1 is 1.26 bits per heavy atom. The van der Waals surface area contributed by atoms with Crippen molar-refractivity contribution in [1.29, 1.82) is 0 Å². The molecule has 2 aliphatic rings. The fourth-order valence-electron chi connectivity index (χ4n) is 2.50. The number of benzene rings is 1. The van der Waals surface area contributed by atoms with Crippen molar-refractivity contribution in [3.8, 4) is 5.75 Å². The van der Waals surface area contributed by atoms with Gasteiger partial charge in [0.25, 0.3) is 0 Å². The molecule has 3 rings (SSSR count). The van der Waals surface area contributed by atoms with Crippen molar-refractivity contribution in [3.05, 3.63) is 48.7 Å². The predicted octanol–water partition coefficient (Wildman–Crippen LogP) is 1.68. The Hall–Kier alpha value is -1.78. The van der Waals surface area contributed by atoms with E-state index in [1.54, 1.807) is 0 Å². The van der Waals surface area contributed by atoms with Gasteiger partial charge in [0.15, 0.2) is 5.75 Å². The van der Waals surface area contributed by atoms with Crippen LogP contribution in [0.4, 0.5) is 0 Å². The van der Waals surface area contributed by atoms with Crippen LogP contribution < -0.4 is 10.2 Å². The minimum Gasteiger partial charge on any atom is -0.378 e. The molecule has 0 amide bonds. The summed E-state index contributed by atoms with van der Waals surface area (Å²) < 4.78 is 0. The van der Waals surface area contributed by atoms with Gasteiger partial charge in [-0.05, 0) is 12.1 Å². The molecule has 0 bridgehead atoms. The number of hydrogen-bond donors (Lipinski definition) is 1. The largest absolute Gasteiger partial charge is 0.378 e.